The third kappa shape index (κ3) is 4.10. The van der Waals surface area contributed by atoms with Gasteiger partial charge in [0.15, 0.2) is 0 Å². The second-order valence-corrected chi connectivity index (χ2v) is 7.95. The maximum absolute atomic E-state index is 14.6. The van der Waals surface area contributed by atoms with Crippen LogP contribution in [0, 0.1) is 5.82 Å². The fourth-order valence-corrected chi connectivity index (χ4v) is 4.60. The molecular formula is C23H24ClFN2O3. The largest absolute Gasteiger partial charge is 0.494 e. The number of anilines is 1. The molecule has 3 aromatic rings. The molecule has 4 rings (SSSR count). The number of fused-ring (bicyclic) bond motifs is 1. The van der Waals surface area contributed by atoms with E-state index in [-0.39, 0.29) is 18.3 Å². The van der Waals surface area contributed by atoms with Crippen LogP contribution in [0.2, 0.25) is 5.15 Å². The molecule has 1 aromatic heterocycles. The van der Waals surface area contributed by atoms with Crippen LogP contribution in [0.15, 0.2) is 42.5 Å². The van der Waals surface area contributed by atoms with Gasteiger partial charge in [0, 0.05) is 36.1 Å². The smallest absolute Gasteiger partial charge is 0.307 e. The molecule has 30 heavy (non-hydrogen) atoms. The summed E-state index contributed by atoms with van der Waals surface area (Å²) in [6.45, 7) is 3.79. The zero-order valence-electron chi connectivity index (χ0n) is 16.8. The Bertz CT molecular complexity index is 1070. The van der Waals surface area contributed by atoms with Crippen molar-refractivity contribution in [3.8, 4) is 5.75 Å². The minimum absolute atomic E-state index is 0.0196. The number of carboxylic acid groups (broad SMARTS) is 1. The summed E-state index contributed by atoms with van der Waals surface area (Å²) in [6, 6.07) is 12.8. The van der Waals surface area contributed by atoms with E-state index in [1.54, 1.807) is 12.1 Å². The number of nitrogens with zero attached hydrogens (tertiary/aromatic N) is 2. The summed E-state index contributed by atoms with van der Waals surface area (Å²) in [5, 5.41) is 10.7. The van der Waals surface area contributed by atoms with Gasteiger partial charge in [-0.05, 0) is 49.6 Å². The minimum Gasteiger partial charge on any atom is -0.494 e. The molecular weight excluding hydrogens is 407 g/mol. The monoisotopic (exact) mass is 430 g/mol. The Morgan fingerprint density at radius 2 is 1.97 bits per heavy atom. The Balaban J connectivity index is 1.53. The number of aliphatic carboxylic acids is 1. The van der Waals surface area contributed by atoms with Crippen LogP contribution < -0.4 is 9.64 Å². The van der Waals surface area contributed by atoms with Gasteiger partial charge in [-0.3, -0.25) is 4.79 Å². The number of aromatic nitrogens is 1. The fourth-order valence-electron chi connectivity index (χ4n) is 4.25. The average Bonchev–Trinajstić information content (AvgIpc) is 3.03. The van der Waals surface area contributed by atoms with Crippen LogP contribution in [0.5, 0.6) is 5.75 Å². The lowest BCUT2D eigenvalue weighted by atomic mass is 10.0. The van der Waals surface area contributed by atoms with Crippen LogP contribution in [0.3, 0.4) is 0 Å². The third-order valence-corrected chi connectivity index (χ3v) is 5.91. The highest BCUT2D eigenvalue weighted by Gasteiger charge is 2.25. The van der Waals surface area contributed by atoms with Crippen LogP contribution in [0.25, 0.3) is 10.9 Å². The van der Waals surface area contributed by atoms with Crippen LogP contribution >= 0.6 is 11.6 Å². The van der Waals surface area contributed by atoms with Crippen LogP contribution in [-0.2, 0) is 11.2 Å². The highest BCUT2D eigenvalue weighted by Crippen LogP contribution is 2.35. The Hall–Kier alpha value is -2.73. The lowest BCUT2D eigenvalue weighted by Gasteiger charge is -2.35. The predicted molar refractivity (Wildman–Crippen MR) is 116 cm³/mol. The SMILES string of the molecule is CCOc1ccc(N2CCC(n3c(Cl)cc4ccc(CC(=O)O)cc43)CC2)c(F)c1. The molecule has 0 atom stereocenters. The number of hydrogen-bond acceptors (Lipinski definition) is 3. The Kier molecular flexibility index (Phi) is 5.86. The van der Waals surface area contributed by atoms with Gasteiger partial charge in [0.1, 0.15) is 16.7 Å². The number of piperidine rings is 1. The molecule has 0 radical (unpaired) electrons. The molecule has 5 nitrogen and oxygen atoms in total. The van der Waals surface area contributed by atoms with E-state index in [9.17, 15) is 9.18 Å². The van der Waals surface area contributed by atoms with Gasteiger partial charge < -0.3 is 19.3 Å². The number of halogens is 2. The molecule has 0 bridgehead atoms. The average molecular weight is 431 g/mol. The molecule has 1 fully saturated rings. The molecule has 1 aliphatic rings. The molecule has 1 N–H and O–H groups in total. The Labute approximate surface area is 179 Å². The van der Waals surface area contributed by atoms with Gasteiger partial charge in [-0.2, -0.15) is 0 Å². The zero-order valence-corrected chi connectivity index (χ0v) is 17.5. The molecule has 0 amide bonds. The van der Waals surface area contributed by atoms with Crippen molar-refractivity contribution in [1.29, 1.82) is 0 Å². The first kappa shape index (κ1) is 20.5. The van der Waals surface area contributed by atoms with Gasteiger partial charge in [0.2, 0.25) is 0 Å². The number of rotatable bonds is 6. The summed E-state index contributed by atoms with van der Waals surface area (Å²) >= 11 is 6.54. The molecule has 0 spiro atoms. The number of carbonyl (C=O) groups is 1. The molecule has 1 aliphatic heterocycles. The second-order valence-electron chi connectivity index (χ2n) is 7.57. The number of hydrogen-bond donors (Lipinski definition) is 1. The van der Waals surface area contributed by atoms with Crippen molar-refractivity contribution in [2.75, 3.05) is 24.6 Å². The molecule has 2 heterocycles. The number of carboxylic acids is 1. The van der Waals surface area contributed by atoms with Crippen molar-refractivity contribution >= 4 is 34.2 Å². The summed E-state index contributed by atoms with van der Waals surface area (Å²) in [5.41, 5.74) is 2.29. The van der Waals surface area contributed by atoms with Crippen LogP contribution in [0.1, 0.15) is 31.4 Å². The Morgan fingerprint density at radius 1 is 1.20 bits per heavy atom. The van der Waals surface area contributed by atoms with Crippen molar-refractivity contribution in [3.05, 3.63) is 59.0 Å². The van der Waals surface area contributed by atoms with E-state index in [1.165, 1.54) is 6.07 Å². The van der Waals surface area contributed by atoms with Gasteiger partial charge >= 0.3 is 5.97 Å². The van der Waals surface area contributed by atoms with Crippen molar-refractivity contribution in [3.63, 3.8) is 0 Å². The summed E-state index contributed by atoms with van der Waals surface area (Å²) in [5.74, 6) is -0.595. The summed E-state index contributed by atoms with van der Waals surface area (Å²) < 4.78 is 22.0. The van der Waals surface area contributed by atoms with E-state index < -0.39 is 5.97 Å². The van der Waals surface area contributed by atoms with Crippen molar-refractivity contribution in [2.24, 2.45) is 0 Å². The third-order valence-electron chi connectivity index (χ3n) is 5.61. The van der Waals surface area contributed by atoms with E-state index in [0.29, 0.717) is 36.3 Å². The first-order chi connectivity index (χ1) is 14.5. The van der Waals surface area contributed by atoms with Gasteiger partial charge in [-0.25, -0.2) is 4.39 Å². The molecule has 0 saturated carbocycles. The van der Waals surface area contributed by atoms with E-state index in [0.717, 1.165) is 29.3 Å². The highest BCUT2D eigenvalue weighted by molar-refractivity contribution is 6.31. The number of ether oxygens (including phenoxy) is 1. The maximum Gasteiger partial charge on any atom is 0.307 e. The van der Waals surface area contributed by atoms with Crippen molar-refractivity contribution in [1.82, 2.24) is 4.57 Å². The zero-order chi connectivity index (χ0) is 21.3. The lowest BCUT2D eigenvalue weighted by molar-refractivity contribution is -0.136. The number of benzene rings is 2. The van der Waals surface area contributed by atoms with Crippen molar-refractivity contribution in [2.45, 2.75) is 32.2 Å². The highest BCUT2D eigenvalue weighted by atomic mass is 35.5. The topological polar surface area (TPSA) is 54.7 Å². The normalized spacial score (nSPS) is 15.0. The van der Waals surface area contributed by atoms with Crippen LogP contribution in [-0.4, -0.2) is 35.3 Å². The first-order valence-electron chi connectivity index (χ1n) is 10.1. The van der Waals surface area contributed by atoms with E-state index in [1.807, 2.05) is 31.2 Å². The molecule has 2 aromatic carbocycles. The van der Waals surface area contributed by atoms with E-state index >= 15 is 0 Å². The van der Waals surface area contributed by atoms with Gasteiger partial charge in [0.25, 0.3) is 0 Å². The van der Waals surface area contributed by atoms with Gasteiger partial charge in [0.05, 0.1) is 18.7 Å². The first-order valence-corrected chi connectivity index (χ1v) is 10.5. The summed E-state index contributed by atoms with van der Waals surface area (Å²) in [7, 11) is 0. The van der Waals surface area contributed by atoms with E-state index in [4.69, 9.17) is 21.4 Å². The summed E-state index contributed by atoms with van der Waals surface area (Å²) in [6.07, 6.45) is 1.62. The molecule has 7 heteroatoms. The minimum atomic E-state index is -0.857. The van der Waals surface area contributed by atoms with Gasteiger partial charge in [-0.1, -0.05) is 23.7 Å². The van der Waals surface area contributed by atoms with Gasteiger partial charge in [-0.15, -0.1) is 0 Å². The Morgan fingerprint density at radius 3 is 2.63 bits per heavy atom. The molecule has 0 unspecified atom stereocenters. The maximum atomic E-state index is 14.6. The molecule has 158 valence electrons. The lowest BCUT2D eigenvalue weighted by Crippen LogP contribution is -2.35. The summed E-state index contributed by atoms with van der Waals surface area (Å²) in [4.78, 5) is 13.1. The predicted octanol–water partition coefficient (Wildman–Crippen LogP) is 5.30. The fraction of sp³-hybridized carbons (Fsp3) is 0.348. The molecule has 0 aliphatic carbocycles. The molecule has 1 saturated heterocycles. The van der Waals surface area contributed by atoms with Crippen molar-refractivity contribution < 1.29 is 19.0 Å². The quantitative estimate of drug-likeness (QED) is 0.576. The standard InChI is InChI=1S/C23H24ClFN2O3/c1-2-30-18-5-6-20(19(25)14-18)26-9-7-17(8-10-26)27-21-11-15(12-23(28)29)3-4-16(21)13-22(27)24/h3-6,11,13-14,17H,2,7-10,12H2,1H3,(H,28,29). The van der Waals surface area contributed by atoms with E-state index in [2.05, 4.69) is 9.47 Å². The van der Waals surface area contributed by atoms with Crippen LogP contribution in [0.4, 0.5) is 10.1 Å². The second kappa shape index (κ2) is 8.56.